The number of aliphatic hydroxyl groups excluding tert-OH is 1. The van der Waals surface area contributed by atoms with Gasteiger partial charge in [0.25, 0.3) is 0 Å². The molecule has 3 heteroatoms. The van der Waals surface area contributed by atoms with E-state index in [9.17, 15) is 9.50 Å². The van der Waals surface area contributed by atoms with Gasteiger partial charge in [0.2, 0.25) is 0 Å². The summed E-state index contributed by atoms with van der Waals surface area (Å²) < 4.78 is 14.0. The summed E-state index contributed by atoms with van der Waals surface area (Å²) in [7, 11) is 0. The molecule has 1 aliphatic rings. The first kappa shape index (κ1) is 13.3. The monoisotopic (exact) mass is 271 g/mol. The van der Waals surface area contributed by atoms with Crippen molar-refractivity contribution < 1.29 is 9.50 Å². The van der Waals surface area contributed by atoms with Gasteiger partial charge in [-0.05, 0) is 37.1 Å². The second-order valence-corrected chi connectivity index (χ2v) is 5.35. The standard InChI is InChI=1S/C17H18FNO/c1-11-6-7-15(18)14(10-11)17(20)16-13-5-3-2-4-12(13)8-9-19-16/h2-7,10,16-17,19-20H,8-9H2,1H3. The van der Waals surface area contributed by atoms with Crippen molar-refractivity contribution in [1.82, 2.24) is 5.32 Å². The van der Waals surface area contributed by atoms with Crippen molar-refractivity contribution in [3.63, 3.8) is 0 Å². The van der Waals surface area contributed by atoms with Crippen molar-refractivity contribution in [2.45, 2.75) is 25.5 Å². The van der Waals surface area contributed by atoms with Gasteiger partial charge in [-0.2, -0.15) is 0 Å². The van der Waals surface area contributed by atoms with E-state index >= 15 is 0 Å². The van der Waals surface area contributed by atoms with Gasteiger partial charge >= 0.3 is 0 Å². The number of nitrogens with one attached hydrogen (secondary N) is 1. The van der Waals surface area contributed by atoms with Crippen molar-refractivity contribution >= 4 is 0 Å². The van der Waals surface area contributed by atoms with Crippen LogP contribution < -0.4 is 5.32 Å². The lowest BCUT2D eigenvalue weighted by Gasteiger charge is -2.31. The molecule has 0 radical (unpaired) electrons. The maximum atomic E-state index is 14.0. The summed E-state index contributed by atoms with van der Waals surface area (Å²) in [5.74, 6) is -0.354. The molecule has 0 bridgehead atoms. The van der Waals surface area contributed by atoms with E-state index in [0.29, 0.717) is 5.56 Å². The number of aliphatic hydroxyl groups is 1. The molecule has 2 N–H and O–H groups in total. The van der Waals surface area contributed by atoms with Gasteiger partial charge < -0.3 is 10.4 Å². The van der Waals surface area contributed by atoms with Gasteiger partial charge in [0.15, 0.2) is 0 Å². The highest BCUT2D eigenvalue weighted by Gasteiger charge is 2.28. The van der Waals surface area contributed by atoms with E-state index in [-0.39, 0.29) is 11.9 Å². The van der Waals surface area contributed by atoms with Crippen LogP contribution in [0.2, 0.25) is 0 Å². The van der Waals surface area contributed by atoms with Crippen LogP contribution in [-0.4, -0.2) is 11.7 Å². The molecular formula is C17H18FNO. The number of halogens is 1. The Hall–Kier alpha value is -1.71. The number of rotatable bonds is 2. The number of benzene rings is 2. The average Bonchev–Trinajstić information content (AvgIpc) is 2.48. The third kappa shape index (κ3) is 2.35. The van der Waals surface area contributed by atoms with Crippen LogP contribution in [0.5, 0.6) is 0 Å². The molecule has 1 aliphatic heterocycles. The summed E-state index contributed by atoms with van der Waals surface area (Å²) in [5.41, 5.74) is 3.60. The van der Waals surface area contributed by atoms with E-state index < -0.39 is 6.10 Å². The van der Waals surface area contributed by atoms with Gasteiger partial charge in [-0.3, -0.25) is 0 Å². The minimum atomic E-state index is -0.878. The van der Waals surface area contributed by atoms with Crippen LogP contribution in [0, 0.1) is 12.7 Å². The smallest absolute Gasteiger partial charge is 0.129 e. The molecule has 0 saturated heterocycles. The lowest BCUT2D eigenvalue weighted by Crippen LogP contribution is -2.34. The van der Waals surface area contributed by atoms with Gasteiger partial charge in [-0.1, -0.05) is 42.0 Å². The summed E-state index contributed by atoms with van der Waals surface area (Å²) in [5, 5.41) is 13.9. The zero-order valence-electron chi connectivity index (χ0n) is 11.4. The lowest BCUT2D eigenvalue weighted by molar-refractivity contribution is 0.121. The average molecular weight is 271 g/mol. The number of fused-ring (bicyclic) bond motifs is 1. The first-order chi connectivity index (χ1) is 9.66. The van der Waals surface area contributed by atoms with Crippen molar-refractivity contribution in [3.05, 3.63) is 70.5 Å². The Morgan fingerprint density at radius 2 is 2.05 bits per heavy atom. The topological polar surface area (TPSA) is 32.3 Å². The van der Waals surface area contributed by atoms with Crippen LogP contribution in [0.25, 0.3) is 0 Å². The fourth-order valence-corrected chi connectivity index (χ4v) is 2.89. The summed E-state index contributed by atoms with van der Waals surface area (Å²) in [4.78, 5) is 0. The molecule has 2 aromatic carbocycles. The van der Waals surface area contributed by atoms with Crippen molar-refractivity contribution in [3.8, 4) is 0 Å². The van der Waals surface area contributed by atoms with E-state index in [4.69, 9.17) is 0 Å². The maximum absolute atomic E-state index is 14.0. The quantitative estimate of drug-likeness (QED) is 0.880. The number of hydrogen-bond donors (Lipinski definition) is 2. The SMILES string of the molecule is Cc1ccc(F)c(C(O)C2NCCc3ccccc32)c1. The Labute approximate surface area is 118 Å². The van der Waals surface area contributed by atoms with Crippen LogP contribution in [0.3, 0.4) is 0 Å². The molecule has 0 spiro atoms. The molecule has 2 unspecified atom stereocenters. The van der Waals surface area contributed by atoms with Crippen LogP contribution in [0.1, 0.15) is 34.4 Å². The second-order valence-electron chi connectivity index (χ2n) is 5.35. The van der Waals surface area contributed by atoms with Gasteiger partial charge in [0.1, 0.15) is 11.9 Å². The molecular weight excluding hydrogens is 253 g/mol. The first-order valence-electron chi connectivity index (χ1n) is 6.92. The highest BCUT2D eigenvalue weighted by Crippen LogP contribution is 2.34. The summed E-state index contributed by atoms with van der Waals surface area (Å²) in [6.45, 7) is 2.70. The molecule has 0 saturated carbocycles. The normalized spacial score (nSPS) is 19.4. The Morgan fingerprint density at radius 1 is 1.25 bits per heavy atom. The Kier molecular flexibility index (Phi) is 3.55. The third-order valence-electron chi connectivity index (χ3n) is 3.93. The van der Waals surface area contributed by atoms with Gasteiger partial charge in [0.05, 0.1) is 6.04 Å². The Bertz CT molecular complexity index is 626. The molecule has 2 nitrogen and oxygen atoms in total. The highest BCUT2D eigenvalue weighted by atomic mass is 19.1. The summed E-state index contributed by atoms with van der Waals surface area (Å²) >= 11 is 0. The van der Waals surface area contributed by atoms with E-state index in [1.165, 1.54) is 11.6 Å². The minimum absolute atomic E-state index is 0.253. The molecule has 0 fully saturated rings. The molecule has 104 valence electrons. The molecule has 0 aliphatic carbocycles. The molecule has 2 aromatic rings. The van der Waals surface area contributed by atoms with Crippen LogP contribution in [0.15, 0.2) is 42.5 Å². The first-order valence-corrected chi connectivity index (χ1v) is 6.92. The van der Waals surface area contributed by atoms with E-state index in [1.54, 1.807) is 12.1 Å². The highest BCUT2D eigenvalue weighted by molar-refractivity contribution is 5.36. The Morgan fingerprint density at radius 3 is 2.90 bits per heavy atom. The second kappa shape index (κ2) is 5.35. The van der Waals surface area contributed by atoms with Crippen LogP contribution in [0.4, 0.5) is 4.39 Å². The minimum Gasteiger partial charge on any atom is -0.386 e. The largest absolute Gasteiger partial charge is 0.386 e. The van der Waals surface area contributed by atoms with E-state index in [2.05, 4.69) is 11.4 Å². The van der Waals surface area contributed by atoms with Crippen LogP contribution in [-0.2, 0) is 6.42 Å². The van der Waals surface area contributed by atoms with E-state index in [0.717, 1.165) is 24.1 Å². The van der Waals surface area contributed by atoms with E-state index in [1.807, 2.05) is 25.1 Å². The molecule has 2 atom stereocenters. The Balaban J connectivity index is 1.99. The molecule has 20 heavy (non-hydrogen) atoms. The van der Waals surface area contributed by atoms with Gasteiger partial charge in [-0.15, -0.1) is 0 Å². The number of aryl methyl sites for hydroxylation is 1. The lowest BCUT2D eigenvalue weighted by atomic mass is 9.88. The number of hydrogen-bond acceptors (Lipinski definition) is 2. The van der Waals surface area contributed by atoms with Crippen LogP contribution >= 0.6 is 0 Å². The fraction of sp³-hybridized carbons (Fsp3) is 0.294. The fourth-order valence-electron chi connectivity index (χ4n) is 2.89. The molecule has 0 amide bonds. The molecule has 3 rings (SSSR count). The predicted molar refractivity (Wildman–Crippen MR) is 77.0 cm³/mol. The summed E-state index contributed by atoms with van der Waals surface area (Å²) in [6.07, 6.45) is 0.0618. The van der Waals surface area contributed by atoms with Gasteiger partial charge in [0, 0.05) is 5.56 Å². The third-order valence-corrected chi connectivity index (χ3v) is 3.93. The maximum Gasteiger partial charge on any atom is 0.129 e. The van der Waals surface area contributed by atoms with Gasteiger partial charge in [-0.25, -0.2) is 4.39 Å². The van der Waals surface area contributed by atoms with Crippen molar-refractivity contribution in [2.75, 3.05) is 6.54 Å². The van der Waals surface area contributed by atoms with Crippen molar-refractivity contribution in [2.24, 2.45) is 0 Å². The predicted octanol–water partition coefficient (Wildman–Crippen LogP) is 3.05. The molecule has 1 heterocycles. The molecule has 0 aromatic heterocycles. The van der Waals surface area contributed by atoms with Crippen molar-refractivity contribution in [1.29, 1.82) is 0 Å². The zero-order valence-corrected chi connectivity index (χ0v) is 11.4. The zero-order chi connectivity index (χ0) is 14.1. The summed E-state index contributed by atoms with van der Waals surface area (Å²) in [6, 6.07) is 12.6.